The van der Waals surface area contributed by atoms with Gasteiger partial charge in [0.15, 0.2) is 0 Å². The first kappa shape index (κ1) is 24.4. The van der Waals surface area contributed by atoms with Crippen molar-refractivity contribution >= 4 is 11.8 Å². The molecule has 0 saturated carbocycles. The second kappa shape index (κ2) is 13.3. The lowest BCUT2D eigenvalue weighted by Gasteiger charge is -2.26. The van der Waals surface area contributed by atoms with Gasteiger partial charge >= 0.3 is 0 Å². The van der Waals surface area contributed by atoms with E-state index in [1.807, 2.05) is 24.3 Å². The normalized spacial score (nSPS) is 14.2. The highest BCUT2D eigenvalue weighted by molar-refractivity contribution is 6.07. The third kappa shape index (κ3) is 8.00. The molecule has 1 aromatic carbocycles. The highest BCUT2D eigenvalue weighted by Gasteiger charge is 2.15. The van der Waals surface area contributed by atoms with Gasteiger partial charge in [0.1, 0.15) is 6.61 Å². The molecule has 0 aliphatic carbocycles. The summed E-state index contributed by atoms with van der Waals surface area (Å²) < 4.78 is 5.72. The molecule has 0 unspecified atom stereocenters. The van der Waals surface area contributed by atoms with E-state index in [0.29, 0.717) is 43.2 Å². The Morgan fingerprint density at radius 3 is 2.48 bits per heavy atom. The number of nitrogens with zero attached hydrogens (tertiary/aromatic N) is 2. The number of pyridine rings is 1. The van der Waals surface area contributed by atoms with Gasteiger partial charge in [-0.2, -0.15) is 0 Å². The number of piperidine rings is 1. The lowest BCUT2D eigenvalue weighted by atomic mass is 10.1. The van der Waals surface area contributed by atoms with Crippen LogP contribution in [-0.2, 0) is 6.54 Å². The van der Waals surface area contributed by atoms with Crippen molar-refractivity contribution in [2.75, 3.05) is 39.3 Å². The van der Waals surface area contributed by atoms with Crippen LogP contribution in [0.1, 0.15) is 45.5 Å². The topological polar surface area (TPSA) is 110 Å². The maximum Gasteiger partial charge on any atom is 0.252 e. The largest absolute Gasteiger partial charge is 0.473 e. The van der Waals surface area contributed by atoms with Crippen LogP contribution in [0.15, 0.2) is 54.7 Å². The molecule has 1 aromatic heterocycles. The minimum Gasteiger partial charge on any atom is -0.473 e. The van der Waals surface area contributed by atoms with E-state index in [1.165, 1.54) is 24.8 Å². The third-order valence-electron chi connectivity index (χ3n) is 5.37. The molecule has 0 spiro atoms. The number of carbonyl (C=O) groups excluding carboxylic acids is 2. The van der Waals surface area contributed by atoms with E-state index in [2.05, 4.69) is 20.5 Å². The number of hydrogen-bond acceptors (Lipinski definition) is 6. The first-order valence-electron chi connectivity index (χ1n) is 11.5. The maximum atomic E-state index is 12.5. The quantitative estimate of drug-likeness (QED) is 0.452. The smallest absolute Gasteiger partial charge is 0.252 e. The average molecular weight is 452 g/mol. The summed E-state index contributed by atoms with van der Waals surface area (Å²) in [5.41, 5.74) is 7.28. The summed E-state index contributed by atoms with van der Waals surface area (Å²) in [6.07, 6.45) is 9.28. The summed E-state index contributed by atoms with van der Waals surface area (Å²) in [7, 11) is 0. The summed E-state index contributed by atoms with van der Waals surface area (Å²) in [5, 5.41) is 5.48. The summed E-state index contributed by atoms with van der Waals surface area (Å²) in [6, 6.07) is 10.7. The van der Waals surface area contributed by atoms with Crippen LogP contribution in [0.4, 0.5) is 0 Å². The number of nitrogens with one attached hydrogen (secondary N) is 2. The molecule has 1 aliphatic rings. The van der Waals surface area contributed by atoms with Crippen molar-refractivity contribution in [1.82, 2.24) is 20.5 Å². The van der Waals surface area contributed by atoms with Gasteiger partial charge in [0.25, 0.3) is 11.8 Å². The number of hydrogen-bond donors (Lipinski definition) is 3. The van der Waals surface area contributed by atoms with Crippen molar-refractivity contribution in [1.29, 1.82) is 0 Å². The number of benzene rings is 1. The Morgan fingerprint density at radius 2 is 1.76 bits per heavy atom. The van der Waals surface area contributed by atoms with Gasteiger partial charge < -0.3 is 21.1 Å². The molecule has 3 rings (SSSR count). The van der Waals surface area contributed by atoms with Crippen LogP contribution in [0.5, 0.6) is 5.88 Å². The number of likely N-dealkylation sites (tertiary alicyclic amines) is 1. The fourth-order valence-electron chi connectivity index (χ4n) is 3.70. The Hall–Kier alpha value is -3.23. The van der Waals surface area contributed by atoms with Gasteiger partial charge in [-0.15, -0.1) is 0 Å². The predicted molar refractivity (Wildman–Crippen MR) is 128 cm³/mol. The van der Waals surface area contributed by atoms with Gasteiger partial charge in [-0.1, -0.05) is 24.6 Å². The fraction of sp³-hybridized carbons (Fsp3) is 0.400. The molecule has 2 heterocycles. The lowest BCUT2D eigenvalue weighted by Crippen LogP contribution is -2.32. The molecular weight excluding hydrogens is 418 g/mol. The lowest BCUT2D eigenvalue weighted by molar-refractivity contribution is 0.0922. The Morgan fingerprint density at radius 1 is 1.03 bits per heavy atom. The van der Waals surface area contributed by atoms with Crippen molar-refractivity contribution in [3.63, 3.8) is 0 Å². The van der Waals surface area contributed by atoms with Crippen molar-refractivity contribution in [2.45, 2.75) is 25.8 Å². The standard InChI is InChI=1S/C25H33N5O3/c26-11-14-29-25(32)22-9-3-2-8-21(22)24(31)28-12-4-7-17-33-23-18-20(10-13-27-23)19-30-15-5-1-6-16-30/h2-4,7-10,13,18H,1,5-6,11-12,14-17,19,26H2,(H,28,31)(H,29,32)/b7-4-. The van der Waals surface area contributed by atoms with Crippen LogP contribution >= 0.6 is 0 Å². The van der Waals surface area contributed by atoms with E-state index in [-0.39, 0.29) is 11.8 Å². The molecule has 1 fully saturated rings. The van der Waals surface area contributed by atoms with E-state index in [1.54, 1.807) is 30.5 Å². The van der Waals surface area contributed by atoms with Gasteiger partial charge in [-0.25, -0.2) is 4.98 Å². The van der Waals surface area contributed by atoms with Crippen LogP contribution in [0.25, 0.3) is 0 Å². The zero-order chi connectivity index (χ0) is 23.3. The summed E-state index contributed by atoms with van der Waals surface area (Å²) in [6.45, 7) is 4.59. The summed E-state index contributed by atoms with van der Waals surface area (Å²) in [4.78, 5) is 31.5. The Balaban J connectivity index is 1.42. The van der Waals surface area contributed by atoms with Crippen LogP contribution < -0.4 is 21.1 Å². The predicted octanol–water partition coefficient (Wildman–Crippen LogP) is 2.12. The molecule has 8 nitrogen and oxygen atoms in total. The highest BCUT2D eigenvalue weighted by Crippen LogP contribution is 2.15. The Bertz CT molecular complexity index is 941. The molecular formula is C25H33N5O3. The number of amides is 2. The highest BCUT2D eigenvalue weighted by atomic mass is 16.5. The molecule has 8 heteroatoms. The van der Waals surface area contributed by atoms with E-state index in [9.17, 15) is 9.59 Å². The number of ether oxygens (including phenoxy) is 1. The SMILES string of the molecule is NCCNC(=O)c1ccccc1C(=O)NC/C=C\COc1cc(CN2CCCCC2)ccn1. The third-order valence-corrected chi connectivity index (χ3v) is 5.37. The number of aromatic nitrogens is 1. The maximum absolute atomic E-state index is 12.5. The number of rotatable bonds is 11. The van der Waals surface area contributed by atoms with Crippen molar-refractivity contribution in [3.8, 4) is 5.88 Å². The van der Waals surface area contributed by atoms with Crippen molar-refractivity contribution in [3.05, 3.63) is 71.4 Å². The summed E-state index contributed by atoms with van der Waals surface area (Å²) >= 11 is 0. The zero-order valence-corrected chi connectivity index (χ0v) is 19.0. The molecule has 4 N–H and O–H groups in total. The molecule has 2 amide bonds. The molecule has 2 aromatic rings. The van der Waals surface area contributed by atoms with Gasteiger partial charge in [-0.05, 0) is 55.8 Å². The zero-order valence-electron chi connectivity index (χ0n) is 19.0. The molecule has 0 radical (unpaired) electrons. The van der Waals surface area contributed by atoms with E-state index in [0.717, 1.165) is 19.6 Å². The molecule has 0 bridgehead atoms. The molecule has 1 saturated heterocycles. The first-order chi connectivity index (χ1) is 16.2. The minimum atomic E-state index is -0.315. The number of carbonyl (C=O) groups is 2. The van der Waals surface area contributed by atoms with E-state index >= 15 is 0 Å². The monoisotopic (exact) mass is 451 g/mol. The average Bonchev–Trinajstić information content (AvgIpc) is 2.85. The van der Waals surface area contributed by atoms with Crippen LogP contribution in [0.2, 0.25) is 0 Å². The van der Waals surface area contributed by atoms with Gasteiger partial charge in [0.2, 0.25) is 5.88 Å². The second-order valence-electron chi connectivity index (χ2n) is 7.92. The molecule has 1 aliphatic heterocycles. The van der Waals surface area contributed by atoms with Gasteiger partial charge in [-0.3, -0.25) is 14.5 Å². The van der Waals surface area contributed by atoms with Crippen LogP contribution in [-0.4, -0.2) is 61.0 Å². The van der Waals surface area contributed by atoms with Crippen molar-refractivity contribution < 1.29 is 14.3 Å². The number of nitrogens with two attached hydrogens (primary N) is 1. The molecule has 33 heavy (non-hydrogen) atoms. The van der Waals surface area contributed by atoms with Crippen LogP contribution in [0.3, 0.4) is 0 Å². The molecule has 0 atom stereocenters. The van der Waals surface area contributed by atoms with Crippen LogP contribution in [0, 0.1) is 0 Å². The van der Waals surface area contributed by atoms with E-state index in [4.69, 9.17) is 10.5 Å². The van der Waals surface area contributed by atoms with Crippen molar-refractivity contribution in [2.24, 2.45) is 5.73 Å². The van der Waals surface area contributed by atoms with Gasteiger partial charge in [0, 0.05) is 38.4 Å². The Labute approximate surface area is 195 Å². The fourth-order valence-corrected chi connectivity index (χ4v) is 3.70. The summed E-state index contributed by atoms with van der Waals surface area (Å²) in [5.74, 6) is -0.0353. The minimum absolute atomic E-state index is 0.314. The second-order valence-corrected chi connectivity index (χ2v) is 7.92. The first-order valence-corrected chi connectivity index (χ1v) is 11.5. The molecule has 176 valence electrons. The van der Waals surface area contributed by atoms with Gasteiger partial charge in [0.05, 0.1) is 11.1 Å². The Kier molecular flexibility index (Phi) is 9.87. The van der Waals surface area contributed by atoms with E-state index < -0.39 is 0 Å².